The lowest BCUT2D eigenvalue weighted by molar-refractivity contribution is -0.142. The first-order chi connectivity index (χ1) is 8.58. The van der Waals surface area contributed by atoms with Crippen LogP contribution in [0.25, 0.3) is 10.9 Å². The Labute approximate surface area is 115 Å². The van der Waals surface area contributed by atoms with E-state index in [1.807, 2.05) is 6.07 Å². The first kappa shape index (κ1) is 13.0. The van der Waals surface area contributed by atoms with Gasteiger partial charge in [-0.3, -0.25) is 0 Å². The summed E-state index contributed by atoms with van der Waals surface area (Å²) < 4.78 is 6.47. The van der Waals surface area contributed by atoms with E-state index in [0.29, 0.717) is 10.0 Å². The third-order valence-corrected chi connectivity index (χ3v) is 3.25. The molecule has 3 nitrogen and oxygen atoms in total. The van der Waals surface area contributed by atoms with Crippen LogP contribution >= 0.6 is 23.2 Å². The molecule has 0 spiro atoms. The molecule has 5 heteroatoms. The molecule has 94 valence electrons. The lowest BCUT2D eigenvalue weighted by Crippen LogP contribution is -2.17. The number of nitrogens with zero attached hydrogens (tertiary/aromatic N) is 1. The minimum atomic E-state index is -0.595. The fraction of sp³-hybridized carbons (Fsp3) is 0.154. The average Bonchev–Trinajstić information content (AvgIpc) is 2.74. The number of halogens is 2. The molecule has 0 aliphatic heterocycles. The van der Waals surface area contributed by atoms with Gasteiger partial charge in [0, 0.05) is 16.6 Å². The SMILES string of the molecule is C=CC(C(=O)OC)n1ccc2c(Cl)cc(Cl)cc21. The van der Waals surface area contributed by atoms with Gasteiger partial charge in [-0.05, 0) is 18.2 Å². The Morgan fingerprint density at radius 1 is 1.50 bits per heavy atom. The van der Waals surface area contributed by atoms with E-state index in [4.69, 9.17) is 27.9 Å². The van der Waals surface area contributed by atoms with Crippen molar-refractivity contribution in [2.24, 2.45) is 0 Å². The molecule has 0 saturated heterocycles. The fourth-order valence-electron chi connectivity index (χ4n) is 1.87. The molecule has 1 unspecified atom stereocenters. The normalized spacial score (nSPS) is 12.4. The summed E-state index contributed by atoms with van der Waals surface area (Å²) in [4.78, 5) is 11.7. The highest BCUT2D eigenvalue weighted by atomic mass is 35.5. The maximum Gasteiger partial charge on any atom is 0.332 e. The number of fused-ring (bicyclic) bond motifs is 1. The second kappa shape index (κ2) is 5.04. The van der Waals surface area contributed by atoms with Gasteiger partial charge in [0.15, 0.2) is 0 Å². The van der Waals surface area contributed by atoms with Crippen molar-refractivity contribution >= 4 is 40.1 Å². The number of aromatic nitrogens is 1. The summed E-state index contributed by atoms with van der Waals surface area (Å²) in [6, 6.07) is 4.65. The van der Waals surface area contributed by atoms with Crippen LogP contribution in [0.5, 0.6) is 0 Å². The zero-order valence-corrected chi connectivity index (χ0v) is 11.2. The molecule has 0 saturated carbocycles. The number of benzene rings is 1. The van der Waals surface area contributed by atoms with Crippen LogP contribution in [0.1, 0.15) is 6.04 Å². The van der Waals surface area contributed by atoms with E-state index >= 15 is 0 Å². The summed E-state index contributed by atoms with van der Waals surface area (Å²) >= 11 is 12.1. The second-order valence-corrected chi connectivity index (χ2v) is 4.59. The van der Waals surface area contributed by atoms with Crippen molar-refractivity contribution in [1.29, 1.82) is 0 Å². The zero-order valence-electron chi connectivity index (χ0n) is 9.69. The second-order valence-electron chi connectivity index (χ2n) is 3.75. The molecule has 0 fully saturated rings. The van der Waals surface area contributed by atoms with Crippen molar-refractivity contribution in [3.8, 4) is 0 Å². The number of carbonyl (C=O) groups is 1. The summed E-state index contributed by atoms with van der Waals surface area (Å²) in [7, 11) is 1.34. The molecular formula is C13H11Cl2NO2. The van der Waals surface area contributed by atoms with Crippen LogP contribution in [0.3, 0.4) is 0 Å². The van der Waals surface area contributed by atoms with Gasteiger partial charge in [0.05, 0.1) is 17.6 Å². The van der Waals surface area contributed by atoms with Crippen LogP contribution in [0.2, 0.25) is 10.0 Å². The Morgan fingerprint density at radius 3 is 2.83 bits per heavy atom. The number of rotatable bonds is 3. The Bertz CT molecular complexity index is 619. The van der Waals surface area contributed by atoms with E-state index in [2.05, 4.69) is 6.58 Å². The lowest BCUT2D eigenvalue weighted by atomic mass is 10.2. The molecule has 0 bridgehead atoms. The first-order valence-corrected chi connectivity index (χ1v) is 6.00. The lowest BCUT2D eigenvalue weighted by Gasteiger charge is -2.14. The summed E-state index contributed by atoms with van der Waals surface area (Å²) in [6.45, 7) is 3.65. The molecule has 1 atom stereocenters. The summed E-state index contributed by atoms with van der Waals surface area (Å²) in [5.74, 6) is -0.390. The van der Waals surface area contributed by atoms with Crippen LogP contribution in [-0.4, -0.2) is 17.6 Å². The van der Waals surface area contributed by atoms with Gasteiger partial charge in [0.1, 0.15) is 6.04 Å². The highest BCUT2D eigenvalue weighted by molar-refractivity contribution is 6.38. The predicted molar refractivity (Wildman–Crippen MR) is 73.2 cm³/mol. The highest BCUT2D eigenvalue weighted by Gasteiger charge is 2.19. The van der Waals surface area contributed by atoms with Crippen molar-refractivity contribution in [3.63, 3.8) is 0 Å². The number of hydrogen-bond donors (Lipinski definition) is 0. The molecule has 1 aromatic heterocycles. The smallest absolute Gasteiger partial charge is 0.332 e. The molecule has 2 rings (SSSR count). The van der Waals surface area contributed by atoms with E-state index in [-0.39, 0.29) is 0 Å². The minimum Gasteiger partial charge on any atom is -0.467 e. The Kier molecular flexibility index (Phi) is 3.64. The number of esters is 1. The zero-order chi connectivity index (χ0) is 13.3. The summed E-state index contributed by atoms with van der Waals surface area (Å²) in [5, 5.41) is 1.89. The van der Waals surface area contributed by atoms with Gasteiger partial charge in [-0.15, -0.1) is 6.58 Å². The topological polar surface area (TPSA) is 31.2 Å². The van der Waals surface area contributed by atoms with Crippen molar-refractivity contribution in [1.82, 2.24) is 4.57 Å². The maximum atomic E-state index is 11.7. The molecular weight excluding hydrogens is 273 g/mol. The van der Waals surface area contributed by atoms with E-state index in [1.54, 1.807) is 22.9 Å². The van der Waals surface area contributed by atoms with Crippen molar-refractivity contribution in [2.45, 2.75) is 6.04 Å². The van der Waals surface area contributed by atoms with Crippen LogP contribution in [0.4, 0.5) is 0 Å². The van der Waals surface area contributed by atoms with Gasteiger partial charge >= 0.3 is 5.97 Å². The van der Waals surface area contributed by atoms with Crippen LogP contribution in [-0.2, 0) is 9.53 Å². The van der Waals surface area contributed by atoms with Gasteiger partial charge < -0.3 is 9.30 Å². The summed E-state index contributed by atoms with van der Waals surface area (Å²) in [6.07, 6.45) is 3.27. The molecule has 0 aliphatic carbocycles. The molecule has 0 N–H and O–H groups in total. The number of methoxy groups -OCH3 is 1. The number of carbonyl (C=O) groups excluding carboxylic acids is 1. The van der Waals surface area contributed by atoms with E-state index in [9.17, 15) is 4.79 Å². The molecule has 0 radical (unpaired) electrons. The van der Waals surface area contributed by atoms with Crippen LogP contribution in [0.15, 0.2) is 37.1 Å². The maximum absolute atomic E-state index is 11.7. The Hall–Kier alpha value is -1.45. The molecule has 1 aromatic carbocycles. The van der Waals surface area contributed by atoms with Gasteiger partial charge in [-0.1, -0.05) is 29.3 Å². The molecule has 0 amide bonds. The molecule has 18 heavy (non-hydrogen) atoms. The Morgan fingerprint density at radius 2 is 2.22 bits per heavy atom. The van der Waals surface area contributed by atoms with Gasteiger partial charge in [0.25, 0.3) is 0 Å². The highest BCUT2D eigenvalue weighted by Crippen LogP contribution is 2.30. The first-order valence-electron chi connectivity index (χ1n) is 5.24. The number of hydrogen-bond acceptors (Lipinski definition) is 2. The largest absolute Gasteiger partial charge is 0.467 e. The third kappa shape index (κ3) is 2.11. The monoisotopic (exact) mass is 283 g/mol. The van der Waals surface area contributed by atoms with Gasteiger partial charge in [-0.2, -0.15) is 0 Å². The standard InChI is InChI=1S/C13H11Cl2NO2/c1-3-11(13(17)18-2)16-5-4-9-10(15)6-8(14)7-12(9)16/h3-7,11H,1H2,2H3. The quantitative estimate of drug-likeness (QED) is 0.633. The minimum absolute atomic E-state index is 0.390. The summed E-state index contributed by atoms with van der Waals surface area (Å²) in [5.41, 5.74) is 0.766. The van der Waals surface area contributed by atoms with E-state index in [1.165, 1.54) is 13.2 Å². The third-order valence-electron chi connectivity index (χ3n) is 2.72. The van der Waals surface area contributed by atoms with E-state index < -0.39 is 12.0 Å². The van der Waals surface area contributed by atoms with Crippen molar-refractivity contribution in [3.05, 3.63) is 47.1 Å². The van der Waals surface area contributed by atoms with Gasteiger partial charge in [0.2, 0.25) is 0 Å². The van der Waals surface area contributed by atoms with Crippen LogP contribution in [0, 0.1) is 0 Å². The predicted octanol–water partition coefficient (Wildman–Crippen LogP) is 3.85. The average molecular weight is 284 g/mol. The van der Waals surface area contributed by atoms with E-state index in [0.717, 1.165) is 10.9 Å². The van der Waals surface area contributed by atoms with Crippen LogP contribution < -0.4 is 0 Å². The number of ether oxygens (including phenoxy) is 1. The molecule has 2 aromatic rings. The van der Waals surface area contributed by atoms with Crippen molar-refractivity contribution < 1.29 is 9.53 Å². The van der Waals surface area contributed by atoms with Crippen molar-refractivity contribution in [2.75, 3.05) is 7.11 Å². The molecule has 0 aliphatic rings. The van der Waals surface area contributed by atoms with Gasteiger partial charge in [-0.25, -0.2) is 4.79 Å². The fourth-order valence-corrected chi connectivity index (χ4v) is 2.42. The molecule has 1 heterocycles. The Balaban J connectivity index is 2.64.